The van der Waals surface area contributed by atoms with E-state index >= 15 is 0 Å². The maximum atomic E-state index is 13.2. The number of nitrogens with zero attached hydrogens (tertiary/aromatic N) is 1. The number of halogens is 2. The number of hydrogen-bond acceptors (Lipinski definition) is 3. The minimum Gasteiger partial charge on any atom is -0.351 e. The van der Waals surface area contributed by atoms with Gasteiger partial charge in [0.25, 0.3) is 0 Å². The first-order valence-electron chi connectivity index (χ1n) is 11.2. The standard InChI is InChI=1S/C25H29ClFN3O2/c1-30-21-10-11-22(30)15-20(14-21)28-25(32)23(12-16-2-6-18(26)7-3-16)29-24(31)13-17-4-8-19(27)9-5-17/h2-9,20-23H,10-15H2,1H3,(H,28,32)(H,29,31)/t20?,21-,22+,23-/m1/s1. The Balaban J connectivity index is 1.42. The van der Waals surface area contributed by atoms with E-state index in [1.165, 1.54) is 25.0 Å². The molecule has 2 aliphatic rings. The first-order valence-corrected chi connectivity index (χ1v) is 11.6. The molecule has 170 valence electrons. The predicted octanol–water partition coefficient (Wildman–Crippen LogP) is 3.49. The van der Waals surface area contributed by atoms with Crippen molar-refractivity contribution in [2.75, 3.05) is 7.05 Å². The van der Waals surface area contributed by atoms with Crippen LogP contribution < -0.4 is 10.6 Å². The molecule has 1 unspecified atom stereocenters. The maximum absolute atomic E-state index is 13.2. The fourth-order valence-corrected chi connectivity index (χ4v) is 5.06. The molecule has 0 saturated carbocycles. The number of piperidine rings is 1. The molecule has 0 spiro atoms. The van der Waals surface area contributed by atoms with E-state index in [-0.39, 0.29) is 30.1 Å². The topological polar surface area (TPSA) is 61.4 Å². The van der Waals surface area contributed by atoms with Crippen LogP contribution in [0.1, 0.15) is 36.8 Å². The van der Waals surface area contributed by atoms with Gasteiger partial charge in [-0.3, -0.25) is 9.59 Å². The van der Waals surface area contributed by atoms with Crippen LogP contribution >= 0.6 is 11.6 Å². The summed E-state index contributed by atoms with van der Waals surface area (Å²) in [6.45, 7) is 0. The van der Waals surface area contributed by atoms with Crippen molar-refractivity contribution in [3.63, 3.8) is 0 Å². The molecule has 2 N–H and O–H groups in total. The monoisotopic (exact) mass is 457 g/mol. The van der Waals surface area contributed by atoms with Gasteiger partial charge in [-0.1, -0.05) is 35.9 Å². The zero-order chi connectivity index (χ0) is 22.7. The molecule has 0 aromatic heterocycles. The Labute approximate surface area is 193 Å². The summed E-state index contributed by atoms with van der Waals surface area (Å²) in [6, 6.07) is 13.6. The van der Waals surface area contributed by atoms with Gasteiger partial charge in [-0.05, 0) is 68.1 Å². The summed E-state index contributed by atoms with van der Waals surface area (Å²) >= 11 is 5.99. The third-order valence-electron chi connectivity index (χ3n) is 6.73. The number of rotatable bonds is 7. The molecule has 5 nitrogen and oxygen atoms in total. The van der Waals surface area contributed by atoms with E-state index in [0.717, 1.165) is 18.4 Å². The number of amides is 2. The van der Waals surface area contributed by atoms with Gasteiger partial charge in [0.2, 0.25) is 11.8 Å². The molecule has 2 aromatic rings. The number of carbonyl (C=O) groups excluding carboxylic acids is 2. The Kier molecular flexibility index (Phi) is 7.11. The molecule has 32 heavy (non-hydrogen) atoms. The zero-order valence-electron chi connectivity index (χ0n) is 18.2. The summed E-state index contributed by atoms with van der Waals surface area (Å²) in [7, 11) is 2.17. The second-order valence-corrected chi connectivity index (χ2v) is 9.42. The zero-order valence-corrected chi connectivity index (χ0v) is 18.9. The quantitative estimate of drug-likeness (QED) is 0.669. The lowest BCUT2D eigenvalue weighted by Gasteiger charge is -2.37. The van der Waals surface area contributed by atoms with Crippen LogP contribution in [0.15, 0.2) is 48.5 Å². The summed E-state index contributed by atoms with van der Waals surface area (Å²) in [4.78, 5) is 28.3. The molecule has 2 heterocycles. The largest absolute Gasteiger partial charge is 0.351 e. The number of hydrogen-bond donors (Lipinski definition) is 2. The lowest BCUT2D eigenvalue weighted by atomic mass is 9.97. The van der Waals surface area contributed by atoms with Crippen molar-refractivity contribution < 1.29 is 14.0 Å². The molecule has 0 radical (unpaired) electrons. The van der Waals surface area contributed by atoms with E-state index in [9.17, 15) is 14.0 Å². The third kappa shape index (κ3) is 5.67. The van der Waals surface area contributed by atoms with E-state index in [2.05, 4.69) is 22.6 Å². The molecule has 0 aliphatic carbocycles. The van der Waals surface area contributed by atoms with E-state index < -0.39 is 6.04 Å². The second-order valence-electron chi connectivity index (χ2n) is 8.98. The second kappa shape index (κ2) is 10.0. The summed E-state index contributed by atoms with van der Waals surface area (Å²) in [5.41, 5.74) is 1.61. The predicted molar refractivity (Wildman–Crippen MR) is 123 cm³/mol. The van der Waals surface area contributed by atoms with Crippen molar-refractivity contribution in [1.29, 1.82) is 0 Å². The fraction of sp³-hybridized carbons (Fsp3) is 0.440. The highest BCUT2D eigenvalue weighted by atomic mass is 35.5. The molecule has 2 aromatic carbocycles. The Hall–Kier alpha value is -2.44. The molecule has 4 rings (SSSR count). The number of benzene rings is 2. The SMILES string of the molecule is CN1[C@@H]2CC[C@H]1CC(NC(=O)[C@@H](Cc1ccc(Cl)cc1)NC(=O)Cc1ccc(F)cc1)C2. The van der Waals surface area contributed by atoms with Gasteiger partial charge >= 0.3 is 0 Å². The van der Waals surface area contributed by atoms with Crippen molar-refractivity contribution in [3.05, 3.63) is 70.5 Å². The highest BCUT2D eigenvalue weighted by Crippen LogP contribution is 2.34. The van der Waals surface area contributed by atoms with Crippen molar-refractivity contribution in [3.8, 4) is 0 Å². The van der Waals surface area contributed by atoms with Gasteiger partial charge in [-0.15, -0.1) is 0 Å². The molecule has 2 aliphatic heterocycles. The molecule has 2 bridgehead atoms. The van der Waals surface area contributed by atoms with Crippen LogP contribution in [0.4, 0.5) is 4.39 Å². The number of nitrogens with one attached hydrogen (secondary N) is 2. The van der Waals surface area contributed by atoms with Gasteiger partial charge in [0, 0.05) is 29.6 Å². The summed E-state index contributed by atoms with van der Waals surface area (Å²) < 4.78 is 13.2. The van der Waals surface area contributed by atoms with Gasteiger partial charge in [0.1, 0.15) is 11.9 Å². The average Bonchev–Trinajstić information content (AvgIpc) is 2.97. The Morgan fingerprint density at radius 2 is 1.62 bits per heavy atom. The van der Waals surface area contributed by atoms with E-state index in [4.69, 9.17) is 11.6 Å². The van der Waals surface area contributed by atoms with Gasteiger partial charge < -0.3 is 15.5 Å². The average molecular weight is 458 g/mol. The summed E-state index contributed by atoms with van der Waals surface area (Å²) in [5, 5.41) is 6.71. The summed E-state index contributed by atoms with van der Waals surface area (Å²) in [6.07, 6.45) is 4.69. The van der Waals surface area contributed by atoms with Crippen molar-refractivity contribution in [2.24, 2.45) is 0 Å². The van der Waals surface area contributed by atoms with Crippen LogP contribution in [0, 0.1) is 5.82 Å². The highest BCUT2D eigenvalue weighted by Gasteiger charge is 2.39. The molecule has 7 heteroatoms. The minimum atomic E-state index is -0.693. The molecule has 2 fully saturated rings. The maximum Gasteiger partial charge on any atom is 0.243 e. The minimum absolute atomic E-state index is 0.0864. The summed E-state index contributed by atoms with van der Waals surface area (Å²) in [5.74, 6) is -0.781. The van der Waals surface area contributed by atoms with Crippen LogP contribution in [-0.4, -0.2) is 47.9 Å². The van der Waals surface area contributed by atoms with Crippen LogP contribution in [0.3, 0.4) is 0 Å². The molecule has 2 saturated heterocycles. The Morgan fingerprint density at radius 3 is 2.25 bits per heavy atom. The van der Waals surface area contributed by atoms with E-state index in [1.807, 2.05) is 12.1 Å². The van der Waals surface area contributed by atoms with Gasteiger partial charge in [0.15, 0.2) is 0 Å². The molecule has 2 amide bonds. The number of carbonyl (C=O) groups is 2. The smallest absolute Gasteiger partial charge is 0.243 e. The van der Waals surface area contributed by atoms with Gasteiger partial charge in [-0.2, -0.15) is 0 Å². The van der Waals surface area contributed by atoms with Crippen LogP contribution in [0.5, 0.6) is 0 Å². The van der Waals surface area contributed by atoms with Gasteiger partial charge in [0.05, 0.1) is 6.42 Å². The number of fused-ring (bicyclic) bond motifs is 2. The first-order chi connectivity index (χ1) is 15.4. The van der Waals surface area contributed by atoms with Crippen molar-refractivity contribution in [2.45, 2.75) is 62.7 Å². The van der Waals surface area contributed by atoms with Crippen LogP contribution in [0.2, 0.25) is 5.02 Å². The van der Waals surface area contributed by atoms with Crippen molar-refractivity contribution >= 4 is 23.4 Å². The van der Waals surface area contributed by atoms with E-state index in [0.29, 0.717) is 29.1 Å². The Bertz CT molecular complexity index is 937. The highest BCUT2D eigenvalue weighted by molar-refractivity contribution is 6.30. The van der Waals surface area contributed by atoms with Crippen LogP contribution in [0.25, 0.3) is 0 Å². The lowest BCUT2D eigenvalue weighted by molar-refractivity contribution is -0.129. The lowest BCUT2D eigenvalue weighted by Crippen LogP contribution is -2.54. The third-order valence-corrected chi connectivity index (χ3v) is 6.98. The Morgan fingerprint density at radius 1 is 1.03 bits per heavy atom. The fourth-order valence-electron chi connectivity index (χ4n) is 4.93. The molecular formula is C25H29ClFN3O2. The van der Waals surface area contributed by atoms with Gasteiger partial charge in [-0.25, -0.2) is 4.39 Å². The normalized spacial score (nSPS) is 23.5. The first kappa shape index (κ1) is 22.7. The molecule has 4 atom stereocenters. The molecular weight excluding hydrogens is 429 g/mol. The van der Waals surface area contributed by atoms with Crippen LogP contribution in [-0.2, 0) is 22.4 Å². The van der Waals surface area contributed by atoms with E-state index in [1.54, 1.807) is 24.3 Å². The van der Waals surface area contributed by atoms with Crippen molar-refractivity contribution in [1.82, 2.24) is 15.5 Å².